The number of hydrogen-bond donors (Lipinski definition) is 1. The van der Waals surface area contributed by atoms with Gasteiger partial charge in [0.1, 0.15) is 0 Å². The van der Waals surface area contributed by atoms with E-state index in [-0.39, 0.29) is 24.4 Å². The Balaban J connectivity index is 0.00000256. The number of hydrogen-bond acceptors (Lipinski definition) is 2. The third-order valence-electron chi connectivity index (χ3n) is 2.47. The summed E-state index contributed by atoms with van der Waals surface area (Å²) in [5, 5.41) is 0. The summed E-state index contributed by atoms with van der Waals surface area (Å²) in [6, 6.07) is 7.53. The Morgan fingerprint density at radius 1 is 1.41 bits per heavy atom. The minimum absolute atomic E-state index is 0. The van der Waals surface area contributed by atoms with Crippen molar-refractivity contribution in [2.45, 2.75) is 25.9 Å². The van der Waals surface area contributed by atoms with E-state index in [1.807, 2.05) is 31.2 Å². The van der Waals surface area contributed by atoms with E-state index in [0.717, 1.165) is 10.0 Å². The molecule has 0 spiro atoms. The van der Waals surface area contributed by atoms with Crippen LogP contribution in [0.2, 0.25) is 0 Å². The van der Waals surface area contributed by atoms with Crippen LogP contribution in [-0.2, 0) is 11.3 Å². The summed E-state index contributed by atoms with van der Waals surface area (Å²) in [4.78, 5) is 13.4. The quantitative estimate of drug-likeness (QED) is 0.926. The number of halogens is 2. The molecule has 2 N–H and O–H groups in total. The van der Waals surface area contributed by atoms with Crippen LogP contribution in [-0.4, -0.2) is 23.9 Å². The van der Waals surface area contributed by atoms with E-state index in [1.165, 1.54) is 0 Å². The van der Waals surface area contributed by atoms with E-state index in [2.05, 4.69) is 15.9 Å². The molecule has 1 aromatic rings. The smallest absolute Gasteiger partial charge is 0.239 e. The summed E-state index contributed by atoms with van der Waals surface area (Å²) >= 11 is 3.37. The van der Waals surface area contributed by atoms with Gasteiger partial charge in [-0.15, -0.1) is 12.4 Å². The van der Waals surface area contributed by atoms with Gasteiger partial charge in [-0.25, -0.2) is 0 Å². The highest BCUT2D eigenvalue weighted by Crippen LogP contribution is 2.12. The number of nitrogens with zero attached hydrogens (tertiary/aromatic N) is 1. The Labute approximate surface area is 117 Å². The standard InChI is InChI=1S/C12H17BrN2O.ClH/c1-3-11(14)12(16)15(2)8-9-4-6-10(13)7-5-9;/h4-7,11H,3,8,14H2,1-2H3;1H/t11-;/m0./s1. The van der Waals surface area contributed by atoms with Gasteiger partial charge in [-0.05, 0) is 24.1 Å². The van der Waals surface area contributed by atoms with Crippen LogP contribution in [0.4, 0.5) is 0 Å². The molecule has 0 saturated heterocycles. The topological polar surface area (TPSA) is 46.3 Å². The van der Waals surface area contributed by atoms with Crippen LogP contribution in [0.15, 0.2) is 28.7 Å². The van der Waals surface area contributed by atoms with Crippen LogP contribution >= 0.6 is 28.3 Å². The van der Waals surface area contributed by atoms with Crippen molar-refractivity contribution in [1.82, 2.24) is 4.90 Å². The first-order chi connectivity index (χ1) is 7.54. The Hall–Kier alpha value is -0.580. The maximum atomic E-state index is 11.7. The third-order valence-corrected chi connectivity index (χ3v) is 2.99. The van der Waals surface area contributed by atoms with Gasteiger partial charge in [-0.1, -0.05) is 35.0 Å². The molecular weight excluding hydrogens is 304 g/mol. The second kappa shape index (κ2) is 7.69. The zero-order chi connectivity index (χ0) is 12.1. The van der Waals surface area contributed by atoms with Crippen molar-refractivity contribution in [2.24, 2.45) is 5.73 Å². The van der Waals surface area contributed by atoms with Crippen molar-refractivity contribution in [3.63, 3.8) is 0 Å². The van der Waals surface area contributed by atoms with Gasteiger partial charge in [-0.2, -0.15) is 0 Å². The summed E-state index contributed by atoms with van der Waals surface area (Å²) in [5.41, 5.74) is 6.80. The average molecular weight is 322 g/mol. The lowest BCUT2D eigenvalue weighted by Gasteiger charge is -2.20. The molecule has 5 heteroatoms. The van der Waals surface area contributed by atoms with E-state index in [0.29, 0.717) is 13.0 Å². The highest BCUT2D eigenvalue weighted by atomic mass is 79.9. The molecule has 0 bridgehead atoms. The number of carbonyl (C=O) groups excluding carboxylic acids is 1. The van der Waals surface area contributed by atoms with Crippen LogP contribution in [0, 0.1) is 0 Å². The largest absolute Gasteiger partial charge is 0.340 e. The molecule has 96 valence electrons. The molecule has 0 aromatic heterocycles. The summed E-state index contributed by atoms with van der Waals surface area (Å²) < 4.78 is 1.04. The summed E-state index contributed by atoms with van der Waals surface area (Å²) in [6.07, 6.45) is 0.670. The van der Waals surface area contributed by atoms with Gasteiger partial charge >= 0.3 is 0 Å². The number of nitrogens with two attached hydrogens (primary N) is 1. The molecule has 0 unspecified atom stereocenters. The molecule has 0 aliphatic rings. The van der Waals surface area contributed by atoms with Crippen molar-refractivity contribution in [2.75, 3.05) is 7.05 Å². The number of carbonyl (C=O) groups is 1. The fraction of sp³-hybridized carbons (Fsp3) is 0.417. The fourth-order valence-corrected chi connectivity index (χ4v) is 1.66. The molecule has 1 atom stereocenters. The van der Waals surface area contributed by atoms with Gasteiger partial charge in [0.15, 0.2) is 0 Å². The second-order valence-corrected chi connectivity index (χ2v) is 4.75. The lowest BCUT2D eigenvalue weighted by Crippen LogP contribution is -2.40. The van der Waals surface area contributed by atoms with Crippen molar-refractivity contribution in [3.8, 4) is 0 Å². The predicted octanol–water partition coefficient (Wildman–Crippen LogP) is 2.57. The fourth-order valence-electron chi connectivity index (χ4n) is 1.40. The normalized spacial score (nSPS) is 11.5. The molecule has 0 saturated carbocycles. The molecule has 1 rings (SSSR count). The zero-order valence-corrected chi connectivity index (χ0v) is 12.4. The monoisotopic (exact) mass is 320 g/mol. The van der Waals surface area contributed by atoms with Crippen molar-refractivity contribution in [3.05, 3.63) is 34.3 Å². The first-order valence-electron chi connectivity index (χ1n) is 5.29. The molecule has 1 amide bonds. The Morgan fingerprint density at radius 2 is 1.94 bits per heavy atom. The number of rotatable bonds is 4. The molecular formula is C12H18BrClN2O. The molecule has 17 heavy (non-hydrogen) atoms. The van der Waals surface area contributed by atoms with Crippen LogP contribution < -0.4 is 5.73 Å². The first-order valence-corrected chi connectivity index (χ1v) is 6.09. The highest BCUT2D eigenvalue weighted by molar-refractivity contribution is 9.10. The Morgan fingerprint density at radius 3 is 2.41 bits per heavy atom. The van der Waals surface area contributed by atoms with Crippen LogP contribution in [0.25, 0.3) is 0 Å². The molecule has 0 fully saturated rings. The summed E-state index contributed by atoms with van der Waals surface area (Å²) in [7, 11) is 1.78. The van der Waals surface area contributed by atoms with Crippen molar-refractivity contribution in [1.29, 1.82) is 0 Å². The maximum absolute atomic E-state index is 11.7. The summed E-state index contributed by atoms with van der Waals surface area (Å²) in [5.74, 6) is -0.00887. The molecule has 0 aliphatic heterocycles. The number of likely N-dealkylation sites (N-methyl/N-ethyl adjacent to an activating group) is 1. The van der Waals surface area contributed by atoms with Crippen LogP contribution in [0.5, 0.6) is 0 Å². The van der Waals surface area contributed by atoms with Crippen LogP contribution in [0.3, 0.4) is 0 Å². The molecule has 3 nitrogen and oxygen atoms in total. The van der Waals surface area contributed by atoms with E-state index in [4.69, 9.17) is 5.73 Å². The predicted molar refractivity (Wildman–Crippen MR) is 76.1 cm³/mol. The van der Waals surface area contributed by atoms with Crippen molar-refractivity contribution < 1.29 is 4.79 Å². The van der Waals surface area contributed by atoms with E-state index < -0.39 is 0 Å². The Kier molecular flexibility index (Phi) is 7.43. The first kappa shape index (κ1) is 16.4. The molecule has 0 heterocycles. The average Bonchev–Trinajstić information content (AvgIpc) is 2.30. The third kappa shape index (κ3) is 5.06. The minimum Gasteiger partial charge on any atom is -0.340 e. The van der Waals surface area contributed by atoms with Crippen molar-refractivity contribution >= 4 is 34.2 Å². The molecule has 0 aliphatic carbocycles. The van der Waals surface area contributed by atoms with Gasteiger partial charge < -0.3 is 10.6 Å². The lowest BCUT2D eigenvalue weighted by molar-refractivity contribution is -0.131. The van der Waals surface area contributed by atoms with E-state index >= 15 is 0 Å². The van der Waals surface area contributed by atoms with Gasteiger partial charge in [0.25, 0.3) is 0 Å². The van der Waals surface area contributed by atoms with E-state index in [9.17, 15) is 4.79 Å². The molecule has 0 radical (unpaired) electrons. The van der Waals surface area contributed by atoms with Gasteiger partial charge in [0.2, 0.25) is 5.91 Å². The van der Waals surface area contributed by atoms with E-state index in [1.54, 1.807) is 11.9 Å². The lowest BCUT2D eigenvalue weighted by atomic mass is 10.2. The second-order valence-electron chi connectivity index (χ2n) is 3.84. The SMILES string of the molecule is CC[C@H](N)C(=O)N(C)Cc1ccc(Br)cc1.Cl. The van der Waals surface area contributed by atoms with Gasteiger partial charge in [0.05, 0.1) is 6.04 Å². The summed E-state index contributed by atoms with van der Waals surface area (Å²) in [6.45, 7) is 2.51. The zero-order valence-electron chi connectivity index (χ0n) is 10.0. The van der Waals surface area contributed by atoms with Gasteiger partial charge in [-0.3, -0.25) is 4.79 Å². The number of benzene rings is 1. The van der Waals surface area contributed by atoms with Gasteiger partial charge in [0, 0.05) is 18.1 Å². The number of amides is 1. The minimum atomic E-state index is -0.388. The Bertz CT molecular complexity index is 356. The molecule has 1 aromatic carbocycles. The maximum Gasteiger partial charge on any atom is 0.239 e. The highest BCUT2D eigenvalue weighted by Gasteiger charge is 2.15. The van der Waals surface area contributed by atoms with Crippen LogP contribution in [0.1, 0.15) is 18.9 Å².